The second-order valence-electron chi connectivity index (χ2n) is 5.55. The molecule has 0 spiro atoms. The summed E-state index contributed by atoms with van der Waals surface area (Å²) in [6.45, 7) is 0.726. The summed E-state index contributed by atoms with van der Waals surface area (Å²) in [7, 11) is 0. The van der Waals surface area contributed by atoms with Crippen LogP contribution in [0.4, 0.5) is 0 Å². The molecule has 25 heavy (non-hydrogen) atoms. The van der Waals surface area contributed by atoms with Crippen LogP contribution in [0.2, 0.25) is 0 Å². The molecule has 0 radical (unpaired) electrons. The standard InChI is InChI=1S/C16H22N2O7/c1-2-7-23-8-3-4-9-24-14-11(10-19)25-15(13(14)21)18-6-5-12(20)17-16(18)22/h1,5-6,11,13-15,19,21H,3-4,7-10H2,(H,17,20,22). The van der Waals surface area contributed by atoms with Crippen molar-refractivity contribution in [3.8, 4) is 12.3 Å². The Kier molecular flexibility index (Phi) is 7.36. The van der Waals surface area contributed by atoms with Gasteiger partial charge in [0.25, 0.3) is 5.56 Å². The second-order valence-corrected chi connectivity index (χ2v) is 5.55. The first kappa shape index (κ1) is 19.4. The number of aromatic nitrogens is 2. The zero-order valence-electron chi connectivity index (χ0n) is 13.7. The van der Waals surface area contributed by atoms with E-state index < -0.39 is 35.8 Å². The first-order chi connectivity index (χ1) is 12.1. The quantitative estimate of drug-likeness (QED) is 0.368. The minimum absolute atomic E-state index is 0.262. The monoisotopic (exact) mass is 354 g/mol. The van der Waals surface area contributed by atoms with E-state index in [-0.39, 0.29) is 13.2 Å². The highest BCUT2D eigenvalue weighted by Gasteiger charge is 2.45. The van der Waals surface area contributed by atoms with E-state index in [0.717, 1.165) is 17.1 Å². The topological polar surface area (TPSA) is 123 Å². The number of hydrogen-bond donors (Lipinski definition) is 3. The number of hydrogen-bond acceptors (Lipinski definition) is 7. The highest BCUT2D eigenvalue weighted by molar-refractivity contribution is 4.93. The van der Waals surface area contributed by atoms with Gasteiger partial charge in [-0.2, -0.15) is 0 Å². The summed E-state index contributed by atoms with van der Waals surface area (Å²) in [6.07, 6.45) is 3.92. The molecule has 1 aromatic rings. The third-order valence-corrected chi connectivity index (χ3v) is 3.79. The molecule has 9 nitrogen and oxygen atoms in total. The fraction of sp³-hybridized carbons (Fsp3) is 0.625. The second kappa shape index (κ2) is 9.50. The van der Waals surface area contributed by atoms with Crippen LogP contribution in [0.15, 0.2) is 21.9 Å². The summed E-state index contributed by atoms with van der Waals surface area (Å²) in [4.78, 5) is 25.1. The van der Waals surface area contributed by atoms with Crippen LogP contribution in [0.1, 0.15) is 19.1 Å². The molecule has 1 aromatic heterocycles. The normalized spacial score (nSPS) is 25.8. The molecular formula is C16H22N2O7. The van der Waals surface area contributed by atoms with Crippen LogP contribution >= 0.6 is 0 Å². The molecule has 4 atom stereocenters. The number of nitrogens with zero attached hydrogens (tertiary/aromatic N) is 1. The van der Waals surface area contributed by atoms with Crippen LogP contribution in [0.3, 0.4) is 0 Å². The molecule has 0 saturated carbocycles. The molecule has 4 unspecified atom stereocenters. The van der Waals surface area contributed by atoms with Gasteiger partial charge in [-0.25, -0.2) is 4.79 Å². The van der Waals surface area contributed by atoms with E-state index in [2.05, 4.69) is 10.9 Å². The van der Waals surface area contributed by atoms with E-state index in [1.807, 2.05) is 0 Å². The highest BCUT2D eigenvalue weighted by atomic mass is 16.6. The SMILES string of the molecule is C#CCOCCCCOC1C(CO)OC(n2ccc(=O)[nH]c2=O)C1O. The Labute approximate surface area is 144 Å². The van der Waals surface area contributed by atoms with Crippen molar-refractivity contribution in [1.82, 2.24) is 9.55 Å². The van der Waals surface area contributed by atoms with Gasteiger partial charge in [-0.1, -0.05) is 5.92 Å². The van der Waals surface area contributed by atoms with Crippen LogP contribution in [-0.2, 0) is 14.2 Å². The zero-order valence-corrected chi connectivity index (χ0v) is 13.7. The number of unbranched alkanes of at least 4 members (excludes halogenated alkanes) is 1. The molecule has 1 aliphatic rings. The molecule has 2 heterocycles. The number of rotatable bonds is 9. The van der Waals surface area contributed by atoms with Gasteiger partial charge >= 0.3 is 5.69 Å². The molecule has 0 amide bonds. The van der Waals surface area contributed by atoms with E-state index in [4.69, 9.17) is 20.6 Å². The van der Waals surface area contributed by atoms with Crippen molar-refractivity contribution in [2.75, 3.05) is 26.4 Å². The average Bonchev–Trinajstić information content (AvgIpc) is 2.90. The summed E-state index contributed by atoms with van der Waals surface area (Å²) in [5, 5.41) is 19.8. The lowest BCUT2D eigenvalue weighted by atomic mass is 10.1. The molecule has 1 fully saturated rings. The molecule has 1 aliphatic heterocycles. The maximum atomic E-state index is 11.8. The van der Waals surface area contributed by atoms with E-state index in [0.29, 0.717) is 19.6 Å². The fourth-order valence-corrected chi connectivity index (χ4v) is 2.59. The van der Waals surface area contributed by atoms with Crippen molar-refractivity contribution in [3.63, 3.8) is 0 Å². The predicted octanol–water partition coefficient (Wildman–Crippen LogP) is -1.40. The molecule has 9 heteroatoms. The molecule has 3 N–H and O–H groups in total. The Morgan fingerprint density at radius 1 is 1.36 bits per heavy atom. The average molecular weight is 354 g/mol. The summed E-state index contributed by atoms with van der Waals surface area (Å²) in [6, 6.07) is 1.15. The Balaban J connectivity index is 1.92. The zero-order chi connectivity index (χ0) is 18.2. The summed E-state index contributed by atoms with van der Waals surface area (Å²) in [5.41, 5.74) is -1.26. The number of nitrogens with one attached hydrogen (secondary N) is 1. The fourth-order valence-electron chi connectivity index (χ4n) is 2.59. The molecular weight excluding hydrogens is 332 g/mol. The smallest absolute Gasteiger partial charge is 0.330 e. The predicted molar refractivity (Wildman–Crippen MR) is 87.0 cm³/mol. The van der Waals surface area contributed by atoms with E-state index >= 15 is 0 Å². The summed E-state index contributed by atoms with van der Waals surface area (Å²) >= 11 is 0. The van der Waals surface area contributed by atoms with Gasteiger partial charge in [0.05, 0.1) is 6.61 Å². The third-order valence-electron chi connectivity index (χ3n) is 3.79. The van der Waals surface area contributed by atoms with Crippen LogP contribution < -0.4 is 11.2 Å². The van der Waals surface area contributed by atoms with E-state index in [1.54, 1.807) is 0 Å². The van der Waals surface area contributed by atoms with Crippen molar-refractivity contribution >= 4 is 0 Å². The molecule has 0 aliphatic carbocycles. The number of terminal acetylenes is 1. The largest absolute Gasteiger partial charge is 0.394 e. The third kappa shape index (κ3) is 5.01. The minimum Gasteiger partial charge on any atom is -0.394 e. The van der Waals surface area contributed by atoms with Crippen LogP contribution in [0.5, 0.6) is 0 Å². The van der Waals surface area contributed by atoms with Gasteiger partial charge in [-0.15, -0.1) is 6.42 Å². The number of aliphatic hydroxyl groups is 2. The molecule has 138 valence electrons. The van der Waals surface area contributed by atoms with Gasteiger partial charge in [0.1, 0.15) is 24.9 Å². The van der Waals surface area contributed by atoms with Gasteiger partial charge in [0.15, 0.2) is 6.23 Å². The Hall–Kier alpha value is -1.96. The molecule has 2 rings (SSSR count). The van der Waals surface area contributed by atoms with Crippen molar-refractivity contribution in [2.45, 2.75) is 37.4 Å². The maximum absolute atomic E-state index is 11.8. The Morgan fingerprint density at radius 2 is 2.12 bits per heavy atom. The van der Waals surface area contributed by atoms with Crippen molar-refractivity contribution in [3.05, 3.63) is 33.1 Å². The Morgan fingerprint density at radius 3 is 2.80 bits per heavy atom. The van der Waals surface area contributed by atoms with Gasteiger partial charge in [0, 0.05) is 25.5 Å². The number of H-pyrrole nitrogens is 1. The van der Waals surface area contributed by atoms with Gasteiger partial charge < -0.3 is 24.4 Å². The number of aliphatic hydroxyl groups excluding tert-OH is 2. The van der Waals surface area contributed by atoms with Gasteiger partial charge in [0.2, 0.25) is 0 Å². The van der Waals surface area contributed by atoms with Crippen LogP contribution in [-0.4, -0.2) is 64.5 Å². The number of aromatic amines is 1. The van der Waals surface area contributed by atoms with Crippen molar-refractivity contribution < 1.29 is 24.4 Å². The lowest BCUT2D eigenvalue weighted by Gasteiger charge is -2.20. The first-order valence-corrected chi connectivity index (χ1v) is 7.97. The highest BCUT2D eigenvalue weighted by Crippen LogP contribution is 2.30. The Bertz CT molecular complexity index is 693. The lowest BCUT2D eigenvalue weighted by Crippen LogP contribution is -2.39. The lowest BCUT2D eigenvalue weighted by molar-refractivity contribution is -0.0629. The first-order valence-electron chi connectivity index (χ1n) is 7.97. The van der Waals surface area contributed by atoms with Gasteiger partial charge in [-0.3, -0.25) is 14.3 Å². The van der Waals surface area contributed by atoms with E-state index in [9.17, 15) is 19.8 Å². The minimum atomic E-state index is -1.17. The summed E-state index contributed by atoms with van der Waals surface area (Å²) < 4.78 is 17.3. The molecule has 0 bridgehead atoms. The van der Waals surface area contributed by atoms with Crippen molar-refractivity contribution in [1.29, 1.82) is 0 Å². The van der Waals surface area contributed by atoms with E-state index in [1.165, 1.54) is 6.20 Å². The van der Waals surface area contributed by atoms with Crippen molar-refractivity contribution in [2.24, 2.45) is 0 Å². The summed E-state index contributed by atoms with van der Waals surface area (Å²) in [5.74, 6) is 2.37. The van der Waals surface area contributed by atoms with Gasteiger partial charge in [-0.05, 0) is 12.8 Å². The van der Waals surface area contributed by atoms with Crippen LogP contribution in [0, 0.1) is 12.3 Å². The van der Waals surface area contributed by atoms with Crippen LogP contribution in [0.25, 0.3) is 0 Å². The molecule has 0 aromatic carbocycles. The molecule has 1 saturated heterocycles. The maximum Gasteiger partial charge on any atom is 0.330 e. The number of ether oxygens (including phenoxy) is 3.